The molecule has 0 unspecified atom stereocenters. The molecule has 1 aromatic heterocycles. The first kappa shape index (κ1) is 12.4. The van der Waals surface area contributed by atoms with E-state index < -0.39 is 0 Å². The number of aryl methyl sites for hydroxylation is 2. The number of carbonyl (C=O) groups is 1. The summed E-state index contributed by atoms with van der Waals surface area (Å²) in [6.45, 7) is 1.53. The van der Waals surface area contributed by atoms with Gasteiger partial charge < -0.3 is 4.79 Å². The summed E-state index contributed by atoms with van der Waals surface area (Å²) < 4.78 is 15.2. The van der Waals surface area contributed by atoms with Crippen LogP contribution in [0, 0.1) is 5.82 Å². The van der Waals surface area contributed by atoms with Gasteiger partial charge in [-0.25, -0.2) is 14.1 Å². The van der Waals surface area contributed by atoms with Gasteiger partial charge in [-0.3, -0.25) is 0 Å². The average molecular weight is 247 g/mol. The highest BCUT2D eigenvalue weighted by Gasteiger charge is 2.13. The maximum atomic E-state index is 13.6. The highest BCUT2D eigenvalue weighted by molar-refractivity contribution is 5.75. The molecule has 4 nitrogen and oxygen atoms in total. The number of benzene rings is 1. The molecular formula is C13H14FN3O. The summed E-state index contributed by atoms with van der Waals surface area (Å²) in [6, 6.07) is 6.43. The molecule has 0 bridgehead atoms. The van der Waals surface area contributed by atoms with E-state index in [9.17, 15) is 9.18 Å². The zero-order valence-electron chi connectivity index (χ0n) is 10.4. The van der Waals surface area contributed by atoms with Crippen molar-refractivity contribution in [2.24, 2.45) is 7.05 Å². The average Bonchev–Trinajstić information content (AvgIpc) is 2.69. The highest BCUT2D eigenvalue weighted by atomic mass is 19.1. The Morgan fingerprint density at radius 1 is 1.39 bits per heavy atom. The van der Waals surface area contributed by atoms with E-state index in [0.29, 0.717) is 30.1 Å². The number of Topliss-reactive ketones (excluding diaryl/α,β-unsaturated/α-hetero) is 1. The summed E-state index contributed by atoms with van der Waals surface area (Å²) in [4.78, 5) is 15.2. The molecule has 0 amide bonds. The van der Waals surface area contributed by atoms with Gasteiger partial charge in [0.15, 0.2) is 11.6 Å². The standard InChI is InChI=1S/C13H14FN3O/c1-9(18)7-8-12-15-13(17(2)16-12)10-5-3-4-6-11(10)14/h3-6H,7-8H2,1-2H3. The van der Waals surface area contributed by atoms with Crippen LogP contribution in [0.5, 0.6) is 0 Å². The van der Waals surface area contributed by atoms with Gasteiger partial charge in [0.25, 0.3) is 0 Å². The summed E-state index contributed by atoms with van der Waals surface area (Å²) in [6.07, 6.45) is 0.887. The first-order valence-electron chi connectivity index (χ1n) is 5.72. The highest BCUT2D eigenvalue weighted by Crippen LogP contribution is 2.20. The molecule has 0 fully saturated rings. The Labute approximate surface area is 104 Å². The zero-order chi connectivity index (χ0) is 13.1. The number of halogens is 1. The fourth-order valence-corrected chi connectivity index (χ4v) is 1.71. The van der Waals surface area contributed by atoms with Crippen LogP contribution >= 0.6 is 0 Å². The van der Waals surface area contributed by atoms with Crippen molar-refractivity contribution in [2.45, 2.75) is 19.8 Å². The molecule has 1 aromatic carbocycles. The fraction of sp³-hybridized carbons (Fsp3) is 0.308. The number of hydrogen-bond donors (Lipinski definition) is 0. The van der Waals surface area contributed by atoms with Crippen LogP contribution in [0.1, 0.15) is 19.2 Å². The molecule has 1 heterocycles. The molecule has 0 spiro atoms. The van der Waals surface area contributed by atoms with Gasteiger partial charge >= 0.3 is 0 Å². The van der Waals surface area contributed by atoms with Crippen LogP contribution in [0.4, 0.5) is 4.39 Å². The van der Waals surface area contributed by atoms with Crippen molar-refractivity contribution >= 4 is 5.78 Å². The topological polar surface area (TPSA) is 47.8 Å². The molecule has 0 aliphatic heterocycles. The van der Waals surface area contributed by atoms with Gasteiger partial charge in [0, 0.05) is 19.9 Å². The lowest BCUT2D eigenvalue weighted by Gasteiger charge is -2.00. The SMILES string of the molecule is CC(=O)CCc1nc(-c2ccccc2F)n(C)n1. The van der Waals surface area contributed by atoms with Crippen molar-refractivity contribution in [1.82, 2.24) is 14.8 Å². The van der Waals surface area contributed by atoms with E-state index in [4.69, 9.17) is 0 Å². The predicted molar refractivity (Wildman–Crippen MR) is 65.4 cm³/mol. The molecule has 5 heteroatoms. The minimum Gasteiger partial charge on any atom is -0.300 e. The van der Waals surface area contributed by atoms with Gasteiger partial charge in [0.2, 0.25) is 0 Å². The summed E-state index contributed by atoms with van der Waals surface area (Å²) in [7, 11) is 1.71. The van der Waals surface area contributed by atoms with E-state index in [1.807, 2.05) is 0 Å². The van der Waals surface area contributed by atoms with Crippen molar-refractivity contribution in [2.75, 3.05) is 0 Å². The molecule has 18 heavy (non-hydrogen) atoms. The Bertz CT molecular complexity index is 577. The molecule has 0 radical (unpaired) electrons. The van der Waals surface area contributed by atoms with Crippen molar-refractivity contribution in [3.05, 3.63) is 35.9 Å². The molecule has 2 rings (SSSR count). The lowest BCUT2D eigenvalue weighted by molar-refractivity contribution is -0.117. The third-order valence-electron chi connectivity index (χ3n) is 2.62. The summed E-state index contributed by atoms with van der Waals surface area (Å²) in [5, 5.41) is 4.19. The Kier molecular flexibility index (Phi) is 3.50. The fourth-order valence-electron chi connectivity index (χ4n) is 1.71. The van der Waals surface area contributed by atoms with Gasteiger partial charge in [0.1, 0.15) is 11.6 Å². The molecule has 0 aliphatic carbocycles. The van der Waals surface area contributed by atoms with Crippen molar-refractivity contribution < 1.29 is 9.18 Å². The van der Waals surface area contributed by atoms with Crippen LogP contribution in [0.2, 0.25) is 0 Å². The summed E-state index contributed by atoms with van der Waals surface area (Å²) in [5.41, 5.74) is 0.418. The van der Waals surface area contributed by atoms with Crippen molar-refractivity contribution in [3.8, 4) is 11.4 Å². The third-order valence-corrected chi connectivity index (χ3v) is 2.62. The van der Waals surface area contributed by atoms with E-state index >= 15 is 0 Å². The number of ketones is 1. The maximum absolute atomic E-state index is 13.6. The van der Waals surface area contributed by atoms with Gasteiger partial charge in [-0.2, -0.15) is 5.10 Å². The molecule has 0 N–H and O–H groups in total. The largest absolute Gasteiger partial charge is 0.300 e. The minimum atomic E-state index is -0.328. The predicted octanol–water partition coefficient (Wildman–Crippen LogP) is 2.14. The number of rotatable bonds is 4. The lowest BCUT2D eigenvalue weighted by atomic mass is 10.2. The quantitative estimate of drug-likeness (QED) is 0.831. The van der Waals surface area contributed by atoms with Crippen LogP contribution in [-0.4, -0.2) is 20.5 Å². The molecule has 94 valence electrons. The molecule has 2 aromatic rings. The van der Waals surface area contributed by atoms with Crippen molar-refractivity contribution in [1.29, 1.82) is 0 Å². The second kappa shape index (κ2) is 5.08. The minimum absolute atomic E-state index is 0.0925. The number of hydrogen-bond acceptors (Lipinski definition) is 3. The zero-order valence-corrected chi connectivity index (χ0v) is 10.4. The van der Waals surface area contributed by atoms with Gasteiger partial charge in [-0.15, -0.1) is 0 Å². The van der Waals surface area contributed by atoms with Crippen LogP contribution in [0.3, 0.4) is 0 Å². The number of carbonyl (C=O) groups excluding carboxylic acids is 1. The van der Waals surface area contributed by atoms with Gasteiger partial charge in [-0.1, -0.05) is 12.1 Å². The first-order chi connectivity index (χ1) is 8.58. The molecule has 0 saturated carbocycles. The molecule has 0 aliphatic rings. The van der Waals surface area contributed by atoms with Gasteiger partial charge in [0.05, 0.1) is 5.56 Å². The van der Waals surface area contributed by atoms with E-state index in [-0.39, 0.29) is 11.6 Å². The molecular weight excluding hydrogens is 233 g/mol. The van der Waals surface area contributed by atoms with Crippen LogP contribution in [0.15, 0.2) is 24.3 Å². The second-order valence-corrected chi connectivity index (χ2v) is 4.16. The van der Waals surface area contributed by atoms with Crippen LogP contribution in [0.25, 0.3) is 11.4 Å². The maximum Gasteiger partial charge on any atom is 0.161 e. The lowest BCUT2D eigenvalue weighted by Crippen LogP contribution is -1.97. The molecule has 0 atom stereocenters. The van der Waals surface area contributed by atoms with E-state index in [2.05, 4.69) is 10.1 Å². The first-order valence-corrected chi connectivity index (χ1v) is 5.72. The molecule has 0 saturated heterocycles. The van der Waals surface area contributed by atoms with Crippen molar-refractivity contribution in [3.63, 3.8) is 0 Å². The second-order valence-electron chi connectivity index (χ2n) is 4.16. The van der Waals surface area contributed by atoms with E-state index in [0.717, 1.165) is 0 Å². The van der Waals surface area contributed by atoms with Gasteiger partial charge in [-0.05, 0) is 19.1 Å². The normalized spacial score (nSPS) is 10.6. The van der Waals surface area contributed by atoms with E-state index in [1.54, 1.807) is 25.2 Å². The van der Waals surface area contributed by atoms with Crippen LogP contribution < -0.4 is 0 Å². The smallest absolute Gasteiger partial charge is 0.161 e. The Morgan fingerprint density at radius 3 is 2.78 bits per heavy atom. The number of aromatic nitrogens is 3. The number of nitrogens with zero attached hydrogens (tertiary/aromatic N) is 3. The Morgan fingerprint density at radius 2 is 2.11 bits per heavy atom. The summed E-state index contributed by atoms with van der Waals surface area (Å²) in [5.74, 6) is 0.804. The summed E-state index contributed by atoms with van der Waals surface area (Å²) >= 11 is 0. The Balaban J connectivity index is 2.30. The Hall–Kier alpha value is -2.04. The van der Waals surface area contributed by atoms with Crippen LogP contribution in [-0.2, 0) is 18.3 Å². The third kappa shape index (κ3) is 2.61. The monoisotopic (exact) mass is 247 g/mol. The van der Waals surface area contributed by atoms with E-state index in [1.165, 1.54) is 17.7 Å².